The topological polar surface area (TPSA) is 76.1 Å². The molecule has 1 heterocycles. The Morgan fingerprint density at radius 3 is 2.20 bits per heavy atom. The van der Waals surface area contributed by atoms with Gasteiger partial charge in [-0.05, 0) is 18.8 Å². The average molecular weight is 287 g/mol. The van der Waals surface area contributed by atoms with Crippen molar-refractivity contribution in [3.05, 3.63) is 0 Å². The molecule has 0 bridgehead atoms. The summed E-state index contributed by atoms with van der Waals surface area (Å²) in [7, 11) is 1.71. The second-order valence-corrected chi connectivity index (χ2v) is 5.98. The van der Waals surface area contributed by atoms with Gasteiger partial charge in [-0.3, -0.25) is 4.79 Å². The first kappa shape index (κ1) is 16.9. The Kier molecular flexibility index (Phi) is 5.53. The quantitative estimate of drug-likeness (QED) is 0.825. The molecule has 1 N–H and O–H groups in total. The molecule has 1 saturated heterocycles. The standard InChI is InChI=1S/C14H25NO5/c1-7(2)10-11(8(3)4)20-14(12(16)15(10)6)19-9(5)13(17)18/h7-11,14H,1-6H3,(H,17,18)/t9?,10-,11?,14-/m0/s1. The predicted octanol–water partition coefficient (Wildman–Crippen LogP) is 1.34. The third-order valence-electron chi connectivity index (χ3n) is 3.63. The lowest BCUT2D eigenvalue weighted by Crippen LogP contribution is -2.61. The van der Waals surface area contributed by atoms with Crippen molar-refractivity contribution in [1.82, 2.24) is 4.90 Å². The van der Waals surface area contributed by atoms with Gasteiger partial charge in [0.2, 0.25) is 6.29 Å². The van der Waals surface area contributed by atoms with Gasteiger partial charge in [-0.2, -0.15) is 0 Å². The van der Waals surface area contributed by atoms with Crippen LogP contribution in [0.1, 0.15) is 34.6 Å². The van der Waals surface area contributed by atoms with Gasteiger partial charge in [-0.25, -0.2) is 4.79 Å². The van der Waals surface area contributed by atoms with Crippen molar-refractivity contribution in [3.63, 3.8) is 0 Å². The molecule has 2 unspecified atom stereocenters. The molecule has 0 aliphatic carbocycles. The molecule has 1 aliphatic heterocycles. The second kappa shape index (κ2) is 6.54. The van der Waals surface area contributed by atoms with Gasteiger partial charge in [-0.1, -0.05) is 27.7 Å². The third-order valence-corrected chi connectivity index (χ3v) is 3.63. The first-order valence-electron chi connectivity index (χ1n) is 6.97. The molecule has 0 aromatic rings. The lowest BCUT2D eigenvalue weighted by Gasteiger charge is -2.46. The van der Waals surface area contributed by atoms with Crippen molar-refractivity contribution < 1.29 is 24.2 Å². The van der Waals surface area contributed by atoms with Gasteiger partial charge in [0, 0.05) is 7.05 Å². The third kappa shape index (κ3) is 3.49. The Bertz CT molecular complexity index is 369. The fraction of sp³-hybridized carbons (Fsp3) is 0.857. The molecule has 0 spiro atoms. The molecule has 1 amide bonds. The average Bonchev–Trinajstić information content (AvgIpc) is 2.33. The number of carboxylic acid groups (broad SMARTS) is 1. The zero-order valence-electron chi connectivity index (χ0n) is 13.0. The van der Waals surface area contributed by atoms with Crippen LogP contribution >= 0.6 is 0 Å². The summed E-state index contributed by atoms with van der Waals surface area (Å²) >= 11 is 0. The van der Waals surface area contributed by atoms with E-state index in [1.165, 1.54) is 6.92 Å². The maximum absolute atomic E-state index is 12.2. The predicted molar refractivity (Wildman–Crippen MR) is 73.1 cm³/mol. The molecule has 0 saturated carbocycles. The number of aliphatic carboxylic acids is 1. The number of morpholine rings is 1. The highest BCUT2D eigenvalue weighted by Crippen LogP contribution is 2.29. The minimum atomic E-state index is -1.14. The molecular formula is C14H25NO5. The summed E-state index contributed by atoms with van der Waals surface area (Å²) in [4.78, 5) is 24.7. The summed E-state index contributed by atoms with van der Waals surface area (Å²) < 4.78 is 11.0. The number of ether oxygens (including phenoxy) is 2. The maximum Gasteiger partial charge on any atom is 0.332 e. The van der Waals surface area contributed by atoms with Crippen LogP contribution in [0.3, 0.4) is 0 Å². The highest BCUT2D eigenvalue weighted by Gasteiger charge is 2.44. The number of carbonyl (C=O) groups excluding carboxylic acids is 1. The number of carbonyl (C=O) groups is 2. The van der Waals surface area contributed by atoms with Crippen LogP contribution in [-0.2, 0) is 19.1 Å². The fourth-order valence-corrected chi connectivity index (χ4v) is 2.53. The van der Waals surface area contributed by atoms with Crippen molar-refractivity contribution in [2.45, 2.75) is 59.2 Å². The molecule has 1 rings (SSSR count). The van der Waals surface area contributed by atoms with E-state index in [1.807, 2.05) is 27.7 Å². The second-order valence-electron chi connectivity index (χ2n) is 5.98. The first-order valence-corrected chi connectivity index (χ1v) is 6.97. The van der Waals surface area contributed by atoms with Crippen LogP contribution in [0.4, 0.5) is 0 Å². The first-order chi connectivity index (χ1) is 9.16. The smallest absolute Gasteiger partial charge is 0.332 e. The van der Waals surface area contributed by atoms with Crippen LogP contribution in [0.25, 0.3) is 0 Å². The van der Waals surface area contributed by atoms with E-state index >= 15 is 0 Å². The van der Waals surface area contributed by atoms with E-state index in [-0.39, 0.29) is 29.9 Å². The van der Waals surface area contributed by atoms with Crippen molar-refractivity contribution >= 4 is 11.9 Å². The Balaban J connectivity index is 2.92. The number of amides is 1. The Morgan fingerprint density at radius 1 is 1.25 bits per heavy atom. The van der Waals surface area contributed by atoms with Crippen molar-refractivity contribution in [3.8, 4) is 0 Å². The number of hydrogen-bond acceptors (Lipinski definition) is 4. The minimum Gasteiger partial charge on any atom is -0.479 e. The summed E-state index contributed by atoms with van der Waals surface area (Å²) in [5, 5.41) is 8.87. The number of carboxylic acids is 1. The van der Waals surface area contributed by atoms with E-state index in [9.17, 15) is 9.59 Å². The highest BCUT2D eigenvalue weighted by molar-refractivity contribution is 5.81. The zero-order chi connectivity index (χ0) is 15.6. The van der Waals surface area contributed by atoms with Gasteiger partial charge in [0.05, 0.1) is 12.1 Å². The van der Waals surface area contributed by atoms with Crippen LogP contribution in [-0.4, -0.2) is 53.5 Å². The van der Waals surface area contributed by atoms with Gasteiger partial charge in [0.15, 0.2) is 6.10 Å². The van der Waals surface area contributed by atoms with Crippen LogP contribution in [0.5, 0.6) is 0 Å². The number of rotatable bonds is 5. The molecule has 0 radical (unpaired) electrons. The Labute approximate surface area is 120 Å². The fourth-order valence-electron chi connectivity index (χ4n) is 2.53. The number of nitrogens with zero attached hydrogens (tertiary/aromatic N) is 1. The summed E-state index contributed by atoms with van der Waals surface area (Å²) in [5.74, 6) is -0.997. The molecule has 0 aromatic carbocycles. The largest absolute Gasteiger partial charge is 0.479 e. The van der Waals surface area contributed by atoms with Gasteiger partial charge in [0.25, 0.3) is 5.91 Å². The summed E-state index contributed by atoms with van der Waals surface area (Å²) in [6.07, 6.45) is -2.40. The maximum atomic E-state index is 12.2. The molecule has 6 nitrogen and oxygen atoms in total. The number of likely N-dealkylation sites (N-methyl/N-ethyl adjacent to an activating group) is 1. The van der Waals surface area contributed by atoms with Crippen LogP contribution in [0.2, 0.25) is 0 Å². The normalized spacial score (nSPS) is 29.1. The minimum absolute atomic E-state index is 0.0394. The van der Waals surface area contributed by atoms with Gasteiger partial charge < -0.3 is 19.5 Å². The van der Waals surface area contributed by atoms with E-state index in [2.05, 4.69) is 0 Å². The van der Waals surface area contributed by atoms with E-state index < -0.39 is 18.4 Å². The molecule has 1 fully saturated rings. The summed E-state index contributed by atoms with van der Waals surface area (Å²) in [6.45, 7) is 9.49. The highest BCUT2D eigenvalue weighted by atomic mass is 16.7. The Morgan fingerprint density at radius 2 is 1.80 bits per heavy atom. The van der Waals surface area contributed by atoms with Crippen molar-refractivity contribution in [1.29, 1.82) is 0 Å². The molecule has 20 heavy (non-hydrogen) atoms. The molecular weight excluding hydrogens is 262 g/mol. The summed E-state index contributed by atoms with van der Waals surface area (Å²) in [6, 6.07) is -0.0394. The van der Waals surface area contributed by atoms with Gasteiger partial charge >= 0.3 is 5.97 Å². The molecule has 4 atom stereocenters. The zero-order valence-corrected chi connectivity index (χ0v) is 13.0. The van der Waals surface area contributed by atoms with Gasteiger partial charge in [-0.15, -0.1) is 0 Å². The van der Waals surface area contributed by atoms with Crippen molar-refractivity contribution in [2.75, 3.05) is 7.05 Å². The Hall–Kier alpha value is -1.14. The molecule has 6 heteroatoms. The lowest BCUT2D eigenvalue weighted by molar-refractivity contribution is -0.244. The van der Waals surface area contributed by atoms with Crippen LogP contribution < -0.4 is 0 Å². The molecule has 116 valence electrons. The molecule has 0 aromatic heterocycles. The van der Waals surface area contributed by atoms with Gasteiger partial charge in [0.1, 0.15) is 0 Å². The summed E-state index contributed by atoms with van der Waals surface area (Å²) in [5.41, 5.74) is 0. The van der Waals surface area contributed by atoms with E-state index in [0.29, 0.717) is 0 Å². The van der Waals surface area contributed by atoms with E-state index in [1.54, 1.807) is 11.9 Å². The van der Waals surface area contributed by atoms with Crippen LogP contribution in [0, 0.1) is 11.8 Å². The van der Waals surface area contributed by atoms with E-state index in [4.69, 9.17) is 14.6 Å². The van der Waals surface area contributed by atoms with E-state index in [0.717, 1.165) is 0 Å². The number of hydrogen-bond donors (Lipinski definition) is 1. The molecule has 1 aliphatic rings. The SMILES string of the molecule is CC(O[C@H]1OC(C(C)C)[C@H](C(C)C)N(C)C1=O)C(=O)O. The monoisotopic (exact) mass is 287 g/mol. The van der Waals surface area contributed by atoms with Crippen molar-refractivity contribution in [2.24, 2.45) is 11.8 Å². The lowest BCUT2D eigenvalue weighted by atomic mass is 9.89. The van der Waals surface area contributed by atoms with Crippen LogP contribution in [0.15, 0.2) is 0 Å².